The molecule has 0 saturated heterocycles. The van der Waals surface area contributed by atoms with Gasteiger partial charge in [0.25, 0.3) is 0 Å². The Labute approximate surface area is 114 Å². The molecule has 3 heteroatoms. The number of rotatable bonds is 1. The van der Waals surface area contributed by atoms with Crippen LogP contribution in [-0.4, -0.2) is 6.04 Å². The van der Waals surface area contributed by atoms with E-state index in [1.165, 1.54) is 11.3 Å². The topological polar surface area (TPSA) is 42.4 Å². The molecular formula is C16H20N2O. The van der Waals surface area contributed by atoms with Crippen LogP contribution in [0.4, 0.5) is 17.1 Å². The summed E-state index contributed by atoms with van der Waals surface area (Å²) in [5.74, 6) is 0.956. The van der Waals surface area contributed by atoms with E-state index in [4.69, 9.17) is 10.2 Å². The SMILES string of the molecule is CC(C)N1c2ccccc2C(C)(C)c2occ(N)c21. The highest BCUT2D eigenvalue weighted by Crippen LogP contribution is 2.52. The third kappa shape index (κ3) is 1.51. The largest absolute Gasteiger partial charge is 0.464 e. The number of benzene rings is 1. The van der Waals surface area contributed by atoms with Crippen molar-refractivity contribution in [2.45, 2.75) is 39.2 Å². The van der Waals surface area contributed by atoms with Crippen molar-refractivity contribution in [2.75, 3.05) is 10.6 Å². The summed E-state index contributed by atoms with van der Waals surface area (Å²) in [5.41, 5.74) is 10.2. The standard InChI is InChI=1S/C16H20N2O/c1-10(2)18-13-8-6-5-7-11(13)16(3,4)15-14(18)12(17)9-19-15/h5-10H,17H2,1-4H3. The minimum atomic E-state index is -0.158. The van der Waals surface area contributed by atoms with Crippen molar-refractivity contribution >= 4 is 17.1 Å². The van der Waals surface area contributed by atoms with Gasteiger partial charge in [0.15, 0.2) is 0 Å². The first kappa shape index (κ1) is 12.2. The Morgan fingerprint density at radius 3 is 2.58 bits per heavy atom. The minimum Gasteiger partial charge on any atom is -0.464 e. The van der Waals surface area contributed by atoms with Gasteiger partial charge in [-0.1, -0.05) is 18.2 Å². The third-order valence-electron chi connectivity index (χ3n) is 3.95. The molecule has 3 rings (SSSR count). The van der Waals surface area contributed by atoms with Crippen molar-refractivity contribution in [3.8, 4) is 0 Å². The third-order valence-corrected chi connectivity index (χ3v) is 3.95. The minimum absolute atomic E-state index is 0.158. The molecule has 3 nitrogen and oxygen atoms in total. The van der Waals surface area contributed by atoms with Crippen LogP contribution >= 0.6 is 0 Å². The second-order valence-corrected chi connectivity index (χ2v) is 5.97. The van der Waals surface area contributed by atoms with Gasteiger partial charge in [0, 0.05) is 11.7 Å². The summed E-state index contributed by atoms with van der Waals surface area (Å²) in [6, 6.07) is 8.82. The normalized spacial score (nSPS) is 16.4. The number of hydrogen-bond acceptors (Lipinski definition) is 3. The lowest BCUT2D eigenvalue weighted by atomic mass is 9.77. The Morgan fingerprint density at radius 1 is 1.21 bits per heavy atom. The van der Waals surface area contributed by atoms with E-state index in [0.717, 1.165) is 11.4 Å². The van der Waals surface area contributed by atoms with E-state index < -0.39 is 0 Å². The molecule has 0 unspecified atom stereocenters. The molecule has 100 valence electrons. The Hall–Kier alpha value is -1.90. The summed E-state index contributed by atoms with van der Waals surface area (Å²) < 4.78 is 5.77. The zero-order valence-electron chi connectivity index (χ0n) is 11.9. The van der Waals surface area contributed by atoms with Crippen LogP contribution in [0.15, 0.2) is 34.9 Å². The van der Waals surface area contributed by atoms with Gasteiger partial charge in [0.05, 0.1) is 11.1 Å². The fourth-order valence-electron chi connectivity index (χ4n) is 3.05. The Balaban J connectivity index is 2.35. The molecule has 0 saturated carbocycles. The van der Waals surface area contributed by atoms with E-state index in [9.17, 15) is 0 Å². The highest BCUT2D eigenvalue weighted by molar-refractivity contribution is 5.84. The van der Waals surface area contributed by atoms with Crippen LogP contribution in [0.25, 0.3) is 0 Å². The van der Waals surface area contributed by atoms with Gasteiger partial charge in [-0.15, -0.1) is 0 Å². The van der Waals surface area contributed by atoms with Crippen molar-refractivity contribution in [1.82, 2.24) is 0 Å². The average molecular weight is 256 g/mol. The summed E-state index contributed by atoms with van der Waals surface area (Å²) in [5, 5.41) is 0. The van der Waals surface area contributed by atoms with E-state index >= 15 is 0 Å². The Bertz CT molecular complexity index is 625. The molecular weight excluding hydrogens is 236 g/mol. The summed E-state index contributed by atoms with van der Waals surface area (Å²) >= 11 is 0. The molecule has 1 aromatic carbocycles. The molecule has 1 aliphatic heterocycles. The van der Waals surface area contributed by atoms with Gasteiger partial charge >= 0.3 is 0 Å². The summed E-state index contributed by atoms with van der Waals surface area (Å²) in [4.78, 5) is 2.27. The summed E-state index contributed by atoms with van der Waals surface area (Å²) in [6.45, 7) is 8.72. The second-order valence-electron chi connectivity index (χ2n) is 5.97. The first-order valence-corrected chi connectivity index (χ1v) is 6.70. The fourth-order valence-corrected chi connectivity index (χ4v) is 3.05. The van der Waals surface area contributed by atoms with Crippen LogP contribution in [0.5, 0.6) is 0 Å². The molecule has 0 bridgehead atoms. The van der Waals surface area contributed by atoms with Crippen LogP contribution in [0, 0.1) is 0 Å². The predicted octanol–water partition coefficient (Wildman–Crippen LogP) is 4.05. The van der Waals surface area contributed by atoms with Crippen molar-refractivity contribution in [3.63, 3.8) is 0 Å². The van der Waals surface area contributed by atoms with Crippen molar-refractivity contribution in [2.24, 2.45) is 0 Å². The van der Waals surface area contributed by atoms with Gasteiger partial charge in [0.2, 0.25) is 0 Å². The predicted molar refractivity (Wildman–Crippen MR) is 79.0 cm³/mol. The van der Waals surface area contributed by atoms with E-state index in [1.54, 1.807) is 6.26 Å². The number of nitrogens with zero attached hydrogens (tertiary/aromatic N) is 1. The van der Waals surface area contributed by atoms with Gasteiger partial charge in [-0.05, 0) is 39.3 Å². The van der Waals surface area contributed by atoms with Crippen LogP contribution < -0.4 is 10.6 Å². The van der Waals surface area contributed by atoms with Crippen LogP contribution in [-0.2, 0) is 5.41 Å². The first-order valence-electron chi connectivity index (χ1n) is 6.70. The van der Waals surface area contributed by atoms with Gasteiger partial charge in [-0.3, -0.25) is 0 Å². The number of fused-ring (bicyclic) bond motifs is 2. The molecule has 0 fully saturated rings. The molecule has 0 spiro atoms. The van der Waals surface area contributed by atoms with Gasteiger partial charge in [-0.2, -0.15) is 0 Å². The molecule has 2 heterocycles. The zero-order chi connectivity index (χ0) is 13.8. The van der Waals surface area contributed by atoms with Gasteiger partial charge in [0.1, 0.15) is 17.7 Å². The maximum absolute atomic E-state index is 6.13. The molecule has 0 radical (unpaired) electrons. The number of hydrogen-bond donors (Lipinski definition) is 1. The van der Waals surface area contributed by atoms with Crippen molar-refractivity contribution < 1.29 is 4.42 Å². The molecule has 0 atom stereocenters. The van der Waals surface area contributed by atoms with Crippen LogP contribution in [0.3, 0.4) is 0 Å². The first-order chi connectivity index (χ1) is 8.94. The molecule has 1 aliphatic rings. The molecule has 19 heavy (non-hydrogen) atoms. The van der Waals surface area contributed by atoms with Crippen LogP contribution in [0.1, 0.15) is 39.0 Å². The van der Waals surface area contributed by atoms with Crippen molar-refractivity contribution in [1.29, 1.82) is 0 Å². The molecule has 0 aliphatic carbocycles. The molecule has 1 aromatic heterocycles. The highest BCUT2D eigenvalue weighted by Gasteiger charge is 2.41. The molecule has 2 aromatic rings. The smallest absolute Gasteiger partial charge is 0.139 e. The fraction of sp³-hybridized carbons (Fsp3) is 0.375. The summed E-state index contributed by atoms with van der Waals surface area (Å²) in [6.07, 6.45) is 1.66. The lowest BCUT2D eigenvalue weighted by Gasteiger charge is -2.41. The van der Waals surface area contributed by atoms with Crippen molar-refractivity contribution in [3.05, 3.63) is 41.9 Å². The number of nitrogen functional groups attached to an aromatic ring is 1. The Kier molecular flexibility index (Phi) is 2.43. The summed E-state index contributed by atoms with van der Waals surface area (Å²) in [7, 11) is 0. The lowest BCUT2D eigenvalue weighted by Crippen LogP contribution is -2.36. The van der Waals surface area contributed by atoms with E-state index in [1.807, 2.05) is 0 Å². The molecule has 0 amide bonds. The Morgan fingerprint density at radius 2 is 1.89 bits per heavy atom. The zero-order valence-corrected chi connectivity index (χ0v) is 11.9. The quantitative estimate of drug-likeness (QED) is 0.837. The average Bonchev–Trinajstić information content (AvgIpc) is 2.73. The number of furan rings is 1. The van der Waals surface area contributed by atoms with E-state index in [0.29, 0.717) is 11.7 Å². The van der Waals surface area contributed by atoms with Gasteiger partial charge < -0.3 is 15.1 Å². The van der Waals surface area contributed by atoms with Crippen LogP contribution in [0.2, 0.25) is 0 Å². The van der Waals surface area contributed by atoms with E-state index in [2.05, 4.69) is 56.9 Å². The van der Waals surface area contributed by atoms with Gasteiger partial charge in [-0.25, -0.2) is 0 Å². The lowest BCUT2D eigenvalue weighted by molar-refractivity contribution is 0.424. The second kappa shape index (κ2) is 3.80. The molecule has 2 N–H and O–H groups in total. The highest BCUT2D eigenvalue weighted by atomic mass is 16.3. The number of para-hydroxylation sites is 1. The maximum Gasteiger partial charge on any atom is 0.139 e. The number of nitrogens with two attached hydrogens (primary N) is 1. The van der Waals surface area contributed by atoms with E-state index in [-0.39, 0.29) is 5.41 Å². The monoisotopic (exact) mass is 256 g/mol. The number of anilines is 3. The maximum atomic E-state index is 6.13.